The summed E-state index contributed by atoms with van der Waals surface area (Å²) in [5.41, 5.74) is 6.32. The number of terminal acetylenes is 1. The summed E-state index contributed by atoms with van der Waals surface area (Å²) in [6.07, 6.45) is 6.84. The third-order valence-corrected chi connectivity index (χ3v) is 3.30. The van der Waals surface area contributed by atoms with Crippen molar-refractivity contribution in [3.8, 4) is 71.5 Å². The van der Waals surface area contributed by atoms with E-state index in [4.69, 9.17) is 26.7 Å². The first-order valence-electron chi connectivity index (χ1n) is 11.7. The Morgan fingerprint density at radius 2 is 1.78 bits per heavy atom. The largest absolute Gasteiger partial charge is 0.513 e. The molecular formula is C26H39N7O13+2. The van der Waals surface area contributed by atoms with Gasteiger partial charge in [-0.1, -0.05) is 5.92 Å². The Balaban J connectivity index is -0.0000000802. The number of amides is 1. The van der Waals surface area contributed by atoms with Gasteiger partial charge >= 0.3 is 6.16 Å². The van der Waals surface area contributed by atoms with Crippen molar-refractivity contribution in [2.75, 3.05) is 13.2 Å². The summed E-state index contributed by atoms with van der Waals surface area (Å²) >= 11 is 0. The van der Waals surface area contributed by atoms with Crippen molar-refractivity contribution in [2.24, 2.45) is 15.7 Å². The molecule has 0 aromatic carbocycles. The second kappa shape index (κ2) is 31.2. The van der Waals surface area contributed by atoms with Gasteiger partial charge in [0.1, 0.15) is 17.2 Å². The van der Waals surface area contributed by atoms with Crippen molar-refractivity contribution in [3.05, 3.63) is 40.2 Å². The van der Waals surface area contributed by atoms with E-state index in [-0.39, 0.29) is 36.0 Å². The molecule has 4 N–H and O–H groups in total. The Bertz CT molecular complexity index is 1530. The molecule has 1 aromatic heterocycles. The van der Waals surface area contributed by atoms with Gasteiger partial charge in [-0.05, 0) is 91.3 Å². The van der Waals surface area contributed by atoms with E-state index in [9.17, 15) is 19.7 Å². The van der Waals surface area contributed by atoms with Crippen LogP contribution in [0.3, 0.4) is 0 Å². The summed E-state index contributed by atoms with van der Waals surface area (Å²) in [6, 6.07) is 3.15. The molecule has 254 valence electrons. The minimum absolute atomic E-state index is 0. The fraction of sp³-hybridized carbons (Fsp3) is 0.269. The quantitative estimate of drug-likeness (QED) is 0.0337. The van der Waals surface area contributed by atoms with Crippen LogP contribution in [-0.2, 0) is 46.2 Å². The first kappa shape index (κ1) is 41.4. The number of nitrogens with zero attached hydrogens (tertiary/aromatic N) is 5. The Morgan fingerprint density at radius 3 is 2.35 bits per heavy atom. The minimum Gasteiger partial charge on any atom is -0.431 e. The van der Waals surface area contributed by atoms with Gasteiger partial charge in [-0.3, -0.25) is 4.79 Å². The number of ether oxygens (including phenoxy) is 2. The lowest BCUT2D eigenvalue weighted by molar-refractivity contribution is -0.757. The van der Waals surface area contributed by atoms with Gasteiger partial charge in [0, 0.05) is 42.9 Å². The summed E-state index contributed by atoms with van der Waals surface area (Å²) < 4.78 is 11.2. The second-order valence-corrected chi connectivity index (χ2v) is 6.76. The van der Waals surface area contributed by atoms with Gasteiger partial charge in [-0.25, -0.2) is 10.1 Å². The van der Waals surface area contributed by atoms with Crippen LogP contribution in [0.15, 0.2) is 40.3 Å². The van der Waals surface area contributed by atoms with E-state index in [1.165, 1.54) is 10.8 Å². The van der Waals surface area contributed by atoms with Crippen LogP contribution in [0.25, 0.3) is 0 Å². The maximum absolute atomic E-state index is 11.8. The number of carbonyl (C=O) groups is 2. The third kappa shape index (κ3) is 30.2. The zero-order chi connectivity index (χ0) is 34.7. The van der Waals surface area contributed by atoms with Gasteiger partial charge in [-0.15, -0.1) is 16.5 Å². The molecule has 20 nitrogen and oxygen atoms in total. The van der Waals surface area contributed by atoms with Crippen molar-refractivity contribution in [1.82, 2.24) is 5.32 Å². The highest BCUT2D eigenvalue weighted by Crippen LogP contribution is 1.96. The zero-order valence-corrected chi connectivity index (χ0v) is 24.2. The summed E-state index contributed by atoms with van der Waals surface area (Å²) in [4.78, 5) is 40.8. The molecule has 1 amide bonds. The van der Waals surface area contributed by atoms with Gasteiger partial charge in [0.25, 0.3) is 17.7 Å². The molecule has 0 bridgehead atoms. The minimum atomic E-state index is -0.934. The predicted octanol–water partition coefficient (Wildman–Crippen LogP) is 2.49. The lowest BCUT2D eigenvalue weighted by Gasteiger charge is -2.07. The first-order valence-corrected chi connectivity index (χ1v) is 11.7. The van der Waals surface area contributed by atoms with E-state index >= 15 is 0 Å². The molecule has 0 saturated carbocycles. The Hall–Kier alpha value is -6.75. The highest BCUT2D eigenvalue weighted by molar-refractivity contribution is 5.93. The standard InChI is InChI=1S/C13H17N3O7.C13H4.H2N4O6.7H2/c1-10(2)23-13(18)21-9-15-6-3-4-11(8-15)12(17)14-5-7-22-16(19)20;1-3-5-7-9-11-13-12-10-8-6-4-2;1-2-3-4-6-8-10-9-7-5;;;;;;;/h3-4,6,8,10H,5,7,9H2,1-2H3;1H,2H3;1,5H;7*1H/p+2/b;;2-1?,4-3+;;;;;;;. The van der Waals surface area contributed by atoms with Crippen LogP contribution in [0.5, 0.6) is 0 Å². The summed E-state index contributed by atoms with van der Waals surface area (Å²) in [5, 5.41) is 38.4. The molecule has 1 heterocycles. The fourth-order valence-corrected chi connectivity index (χ4v) is 1.88. The Labute approximate surface area is 271 Å². The number of rotatable bonds is 14. The number of hydrogen-bond acceptors (Lipinski definition) is 14. The molecule has 0 unspecified atom stereocenters. The number of pyridine rings is 1. The van der Waals surface area contributed by atoms with Crippen molar-refractivity contribution < 1.29 is 73.9 Å². The average Bonchev–Trinajstić information content (AvgIpc) is 3.03. The third-order valence-electron chi connectivity index (χ3n) is 3.30. The highest BCUT2D eigenvalue weighted by Gasteiger charge is 2.13. The van der Waals surface area contributed by atoms with Gasteiger partial charge in [-0.2, -0.15) is 15.1 Å². The molecule has 0 atom stereocenters. The normalized spacial score (nSPS) is 8.26. The summed E-state index contributed by atoms with van der Waals surface area (Å²) in [5.74, 6) is 26.5. The number of nitrogens with one attached hydrogen (secondary N) is 2. The van der Waals surface area contributed by atoms with Crippen LogP contribution in [0.1, 0.15) is 41.1 Å². The fourth-order valence-electron chi connectivity index (χ4n) is 1.88. The second-order valence-electron chi connectivity index (χ2n) is 6.76. The van der Waals surface area contributed by atoms with Gasteiger partial charge in [0.15, 0.2) is 12.4 Å². The molecule has 0 saturated heterocycles. The van der Waals surface area contributed by atoms with Crippen molar-refractivity contribution >= 4 is 12.1 Å². The Morgan fingerprint density at radius 1 is 1.13 bits per heavy atom. The molecule has 20 heteroatoms. The molecule has 0 aliphatic carbocycles. The molecular weight excluding hydrogens is 618 g/mol. The zero-order valence-electron chi connectivity index (χ0n) is 24.2. The maximum Gasteiger partial charge on any atom is 0.513 e. The molecule has 0 fully saturated rings. The Kier molecular flexibility index (Phi) is 28.1. The van der Waals surface area contributed by atoms with Crippen LogP contribution in [0.4, 0.5) is 4.79 Å². The van der Waals surface area contributed by atoms with Crippen LogP contribution >= 0.6 is 0 Å². The maximum atomic E-state index is 11.8. The first-order chi connectivity index (χ1) is 22.2. The number of aromatic nitrogens is 1. The molecule has 0 radical (unpaired) electrons. The van der Waals surface area contributed by atoms with Crippen molar-refractivity contribution in [3.63, 3.8) is 0 Å². The average molecular weight is 658 g/mol. The SMILES string of the molecule is C#CC#CC#CC#CC#CC#CC.CC(C)OC(=O)OC[n+]1cccc(C(=O)NCCO[N+](=O)[O-])c1.N=N/N=N/OOOOO[OH2+].[HH].[HH].[HH].[HH].[HH].[HH].[HH]. The van der Waals surface area contributed by atoms with E-state index in [0.717, 1.165) is 0 Å². The van der Waals surface area contributed by atoms with E-state index < -0.39 is 17.1 Å². The van der Waals surface area contributed by atoms with Crippen molar-refractivity contribution in [2.45, 2.75) is 33.6 Å². The summed E-state index contributed by atoms with van der Waals surface area (Å²) in [6.45, 7) is 4.74. The molecule has 1 aromatic rings. The topological polar surface area (TPSA) is 251 Å². The number of carbonyl (C=O) groups excluding carboxylic acids is 2. The van der Waals surface area contributed by atoms with Crippen LogP contribution in [0.2, 0.25) is 0 Å². The predicted molar refractivity (Wildman–Crippen MR) is 162 cm³/mol. The van der Waals surface area contributed by atoms with Crippen LogP contribution in [0, 0.1) is 87.2 Å². The molecule has 0 aliphatic rings. The van der Waals surface area contributed by atoms with Crippen LogP contribution < -0.4 is 9.88 Å². The smallest absolute Gasteiger partial charge is 0.431 e. The van der Waals surface area contributed by atoms with E-state index in [1.807, 2.05) is 0 Å². The van der Waals surface area contributed by atoms with Crippen LogP contribution in [-0.4, -0.2) is 41.7 Å². The molecule has 46 heavy (non-hydrogen) atoms. The van der Waals surface area contributed by atoms with E-state index in [2.05, 4.69) is 116 Å². The van der Waals surface area contributed by atoms with Gasteiger partial charge in [0.05, 0.1) is 11.4 Å². The highest BCUT2D eigenvalue weighted by atomic mass is 17.8. The van der Waals surface area contributed by atoms with Gasteiger partial charge < -0.3 is 19.6 Å². The lowest BCUT2D eigenvalue weighted by atomic mass is 10.2. The monoisotopic (exact) mass is 657 g/mol. The molecule has 0 aliphatic heterocycles. The van der Waals surface area contributed by atoms with Gasteiger partial charge in [0.2, 0.25) is 0 Å². The number of hydrogen-bond donors (Lipinski definition) is 2. The van der Waals surface area contributed by atoms with E-state index in [1.54, 1.807) is 39.1 Å². The van der Waals surface area contributed by atoms with E-state index in [0.29, 0.717) is 5.56 Å². The lowest BCUT2D eigenvalue weighted by Crippen LogP contribution is -2.38. The molecule has 1 rings (SSSR count). The summed E-state index contributed by atoms with van der Waals surface area (Å²) in [7, 11) is 0. The van der Waals surface area contributed by atoms with Crippen molar-refractivity contribution in [1.29, 1.82) is 5.53 Å². The molecule has 0 spiro atoms.